The highest BCUT2D eigenvalue weighted by Gasteiger charge is 2.08. The second kappa shape index (κ2) is 7.21. The number of carbonyl (C=O) groups is 1. The van der Waals surface area contributed by atoms with Gasteiger partial charge in [0, 0.05) is 27.8 Å². The molecule has 2 aromatic carbocycles. The van der Waals surface area contributed by atoms with Crippen LogP contribution in [0.3, 0.4) is 0 Å². The van der Waals surface area contributed by atoms with Crippen LogP contribution in [0.4, 0.5) is 5.69 Å². The normalized spacial score (nSPS) is 11.1. The van der Waals surface area contributed by atoms with Gasteiger partial charge >= 0.3 is 0 Å². The van der Waals surface area contributed by atoms with E-state index in [0.717, 1.165) is 11.8 Å². The van der Waals surface area contributed by atoms with Crippen molar-refractivity contribution < 1.29 is 13.2 Å². The SMILES string of the molecule is CS(=O)(=O)Nc1cccc(CNC(=O)c2cc(Cl)cc(Cl)c2)c1. The Kier molecular flexibility index (Phi) is 5.51. The molecule has 2 aromatic rings. The van der Waals surface area contributed by atoms with Crippen LogP contribution in [0.1, 0.15) is 15.9 Å². The molecule has 122 valence electrons. The van der Waals surface area contributed by atoms with Crippen molar-refractivity contribution in [1.29, 1.82) is 0 Å². The predicted octanol–water partition coefficient (Wildman–Crippen LogP) is 3.29. The van der Waals surface area contributed by atoms with Crippen molar-refractivity contribution in [2.75, 3.05) is 11.0 Å². The lowest BCUT2D eigenvalue weighted by atomic mass is 10.2. The number of amides is 1. The Balaban J connectivity index is 2.05. The summed E-state index contributed by atoms with van der Waals surface area (Å²) in [5.41, 5.74) is 1.54. The lowest BCUT2D eigenvalue weighted by Gasteiger charge is -2.09. The van der Waals surface area contributed by atoms with Crippen LogP contribution in [0.15, 0.2) is 42.5 Å². The van der Waals surface area contributed by atoms with Crippen molar-refractivity contribution in [1.82, 2.24) is 5.32 Å². The van der Waals surface area contributed by atoms with Gasteiger partial charge in [-0.15, -0.1) is 0 Å². The summed E-state index contributed by atoms with van der Waals surface area (Å²) in [6, 6.07) is 11.3. The fraction of sp³-hybridized carbons (Fsp3) is 0.133. The molecule has 0 aliphatic heterocycles. The van der Waals surface area contributed by atoms with Crippen molar-refractivity contribution in [3.8, 4) is 0 Å². The van der Waals surface area contributed by atoms with Gasteiger partial charge in [-0.25, -0.2) is 8.42 Å². The van der Waals surface area contributed by atoms with Crippen LogP contribution in [0.5, 0.6) is 0 Å². The number of carbonyl (C=O) groups excluding carboxylic acids is 1. The zero-order valence-corrected chi connectivity index (χ0v) is 14.5. The molecule has 0 saturated carbocycles. The Morgan fingerprint density at radius 1 is 1.09 bits per heavy atom. The van der Waals surface area contributed by atoms with E-state index in [1.807, 2.05) is 0 Å². The molecule has 23 heavy (non-hydrogen) atoms. The van der Waals surface area contributed by atoms with E-state index in [2.05, 4.69) is 10.0 Å². The van der Waals surface area contributed by atoms with Crippen molar-refractivity contribution in [2.24, 2.45) is 0 Å². The third-order valence-corrected chi connectivity index (χ3v) is 3.85. The third-order valence-electron chi connectivity index (χ3n) is 2.81. The van der Waals surface area contributed by atoms with Crippen molar-refractivity contribution in [2.45, 2.75) is 6.54 Å². The van der Waals surface area contributed by atoms with Gasteiger partial charge in [0.15, 0.2) is 0 Å². The highest BCUT2D eigenvalue weighted by Crippen LogP contribution is 2.19. The first-order chi connectivity index (χ1) is 10.7. The lowest BCUT2D eigenvalue weighted by Crippen LogP contribution is -2.22. The van der Waals surface area contributed by atoms with Gasteiger partial charge in [0.05, 0.1) is 6.26 Å². The van der Waals surface area contributed by atoms with E-state index in [0.29, 0.717) is 21.3 Å². The van der Waals surface area contributed by atoms with Crippen LogP contribution < -0.4 is 10.0 Å². The largest absolute Gasteiger partial charge is 0.348 e. The van der Waals surface area contributed by atoms with Crippen molar-refractivity contribution in [3.63, 3.8) is 0 Å². The average Bonchev–Trinajstić information content (AvgIpc) is 2.42. The number of sulfonamides is 1. The first-order valence-corrected chi connectivity index (χ1v) is 9.19. The molecule has 0 heterocycles. The summed E-state index contributed by atoms with van der Waals surface area (Å²) in [5.74, 6) is -0.323. The molecular weight excluding hydrogens is 359 g/mol. The van der Waals surface area contributed by atoms with E-state index in [9.17, 15) is 13.2 Å². The van der Waals surface area contributed by atoms with Gasteiger partial charge in [-0.2, -0.15) is 0 Å². The number of halogens is 2. The van der Waals surface area contributed by atoms with E-state index < -0.39 is 10.0 Å². The van der Waals surface area contributed by atoms with Gasteiger partial charge < -0.3 is 5.32 Å². The molecule has 1 amide bonds. The molecule has 8 heteroatoms. The standard InChI is InChI=1S/C15H14Cl2N2O3S/c1-23(21,22)19-14-4-2-3-10(5-14)9-18-15(20)11-6-12(16)8-13(17)7-11/h2-8,19H,9H2,1H3,(H,18,20). The number of anilines is 1. The molecular formula is C15H14Cl2N2O3S. The van der Waals surface area contributed by atoms with Gasteiger partial charge in [0.1, 0.15) is 0 Å². The van der Waals surface area contributed by atoms with E-state index >= 15 is 0 Å². The van der Waals surface area contributed by atoms with E-state index in [1.165, 1.54) is 12.1 Å². The molecule has 0 fully saturated rings. The monoisotopic (exact) mass is 372 g/mol. The Labute approximate surface area is 144 Å². The molecule has 0 saturated heterocycles. The third kappa shape index (κ3) is 5.74. The fourth-order valence-electron chi connectivity index (χ4n) is 1.93. The second-order valence-corrected chi connectivity index (χ2v) is 7.54. The molecule has 0 atom stereocenters. The molecule has 0 unspecified atom stereocenters. The Bertz CT molecular complexity index is 818. The molecule has 5 nitrogen and oxygen atoms in total. The molecule has 2 rings (SSSR count). The van der Waals surface area contributed by atoms with Gasteiger partial charge in [-0.1, -0.05) is 35.3 Å². The summed E-state index contributed by atoms with van der Waals surface area (Å²) in [6.45, 7) is 0.238. The number of hydrogen-bond donors (Lipinski definition) is 2. The van der Waals surface area contributed by atoms with Crippen LogP contribution in [0.25, 0.3) is 0 Å². The second-order valence-electron chi connectivity index (χ2n) is 4.92. The molecule has 0 bridgehead atoms. The first-order valence-electron chi connectivity index (χ1n) is 6.54. The Hall–Kier alpha value is -1.76. The number of rotatable bonds is 5. The van der Waals surface area contributed by atoms with E-state index in [-0.39, 0.29) is 12.5 Å². The summed E-state index contributed by atoms with van der Waals surface area (Å²) in [5, 5.41) is 3.48. The summed E-state index contributed by atoms with van der Waals surface area (Å²) in [6.07, 6.45) is 1.07. The maximum Gasteiger partial charge on any atom is 0.251 e. The summed E-state index contributed by atoms with van der Waals surface area (Å²) < 4.78 is 24.8. The number of nitrogens with one attached hydrogen (secondary N) is 2. The predicted molar refractivity (Wildman–Crippen MR) is 92.5 cm³/mol. The summed E-state index contributed by atoms with van der Waals surface area (Å²) in [7, 11) is -3.34. The zero-order chi connectivity index (χ0) is 17.0. The minimum Gasteiger partial charge on any atom is -0.348 e. The smallest absolute Gasteiger partial charge is 0.251 e. The summed E-state index contributed by atoms with van der Waals surface area (Å²) in [4.78, 5) is 12.1. The quantitative estimate of drug-likeness (QED) is 0.845. The van der Waals surface area contributed by atoms with Gasteiger partial charge in [0.25, 0.3) is 5.91 Å². The van der Waals surface area contributed by atoms with Crippen LogP contribution >= 0.6 is 23.2 Å². The van der Waals surface area contributed by atoms with Crippen LogP contribution in [0, 0.1) is 0 Å². The Morgan fingerprint density at radius 2 is 1.74 bits per heavy atom. The summed E-state index contributed by atoms with van der Waals surface area (Å²) >= 11 is 11.7. The van der Waals surface area contributed by atoms with E-state index in [4.69, 9.17) is 23.2 Å². The topological polar surface area (TPSA) is 75.3 Å². The maximum atomic E-state index is 12.1. The molecule has 0 spiro atoms. The Morgan fingerprint density at radius 3 is 2.35 bits per heavy atom. The van der Waals surface area contributed by atoms with Gasteiger partial charge in [0.2, 0.25) is 10.0 Å². The lowest BCUT2D eigenvalue weighted by molar-refractivity contribution is 0.0951. The molecule has 0 aliphatic carbocycles. The average molecular weight is 373 g/mol. The highest BCUT2D eigenvalue weighted by atomic mass is 35.5. The van der Waals surface area contributed by atoms with E-state index in [1.54, 1.807) is 30.3 Å². The zero-order valence-electron chi connectivity index (χ0n) is 12.1. The van der Waals surface area contributed by atoms with Crippen LogP contribution in [-0.2, 0) is 16.6 Å². The van der Waals surface area contributed by atoms with Crippen LogP contribution in [0.2, 0.25) is 10.0 Å². The fourth-order valence-corrected chi connectivity index (χ4v) is 3.01. The van der Waals surface area contributed by atoms with Crippen molar-refractivity contribution >= 4 is 44.8 Å². The minimum absolute atomic E-state index is 0.238. The number of benzene rings is 2. The maximum absolute atomic E-state index is 12.1. The molecule has 2 N–H and O–H groups in total. The first kappa shape index (κ1) is 17.6. The van der Waals surface area contributed by atoms with Gasteiger partial charge in [-0.05, 0) is 35.9 Å². The van der Waals surface area contributed by atoms with Crippen LogP contribution in [-0.4, -0.2) is 20.6 Å². The van der Waals surface area contributed by atoms with Crippen molar-refractivity contribution in [3.05, 3.63) is 63.6 Å². The van der Waals surface area contributed by atoms with Gasteiger partial charge in [-0.3, -0.25) is 9.52 Å². The highest BCUT2D eigenvalue weighted by molar-refractivity contribution is 7.92. The number of hydrogen-bond acceptors (Lipinski definition) is 3. The minimum atomic E-state index is -3.34. The molecule has 0 aromatic heterocycles. The molecule has 0 aliphatic rings. The molecule has 0 radical (unpaired) electrons.